The van der Waals surface area contributed by atoms with Gasteiger partial charge in [0.15, 0.2) is 0 Å². The van der Waals surface area contributed by atoms with Crippen LogP contribution < -0.4 is 0 Å². The molecule has 0 aliphatic rings. The van der Waals surface area contributed by atoms with E-state index in [0.29, 0.717) is 0 Å². The zero-order valence-electron chi connectivity index (χ0n) is 5.07. The molecular formula is C7H5ClI2. The van der Waals surface area contributed by atoms with Crippen LogP contribution in [0.1, 0.15) is 5.56 Å². The number of alkyl halides is 1. The molecule has 1 rings (SSSR count). The second-order valence-corrected chi connectivity index (χ2v) is 4.17. The summed E-state index contributed by atoms with van der Waals surface area (Å²) in [5, 5.41) is 0.876. The topological polar surface area (TPSA) is 0 Å². The summed E-state index contributed by atoms with van der Waals surface area (Å²) in [5.41, 5.74) is 1.24. The van der Waals surface area contributed by atoms with E-state index in [2.05, 4.69) is 51.2 Å². The van der Waals surface area contributed by atoms with Crippen molar-refractivity contribution in [2.24, 2.45) is 0 Å². The van der Waals surface area contributed by atoms with Crippen LogP contribution in [0.4, 0.5) is 0 Å². The van der Waals surface area contributed by atoms with E-state index < -0.39 is 0 Å². The molecule has 0 N–H and O–H groups in total. The molecule has 0 saturated carbocycles. The van der Waals surface area contributed by atoms with Gasteiger partial charge in [0.1, 0.15) is 0 Å². The maximum absolute atomic E-state index is 5.92. The van der Waals surface area contributed by atoms with Crippen molar-refractivity contribution in [3.05, 3.63) is 32.4 Å². The van der Waals surface area contributed by atoms with Gasteiger partial charge in [0.2, 0.25) is 0 Å². The van der Waals surface area contributed by atoms with Gasteiger partial charge in [-0.15, -0.1) is 0 Å². The summed E-state index contributed by atoms with van der Waals surface area (Å²) in [7, 11) is 0. The van der Waals surface area contributed by atoms with Gasteiger partial charge in [-0.2, -0.15) is 0 Å². The SMILES string of the molecule is Clc1cccc(I)c1CI. The van der Waals surface area contributed by atoms with Crippen LogP contribution in [0, 0.1) is 3.57 Å². The van der Waals surface area contributed by atoms with Crippen molar-refractivity contribution in [1.82, 2.24) is 0 Å². The van der Waals surface area contributed by atoms with Crippen LogP contribution in [0.25, 0.3) is 0 Å². The lowest BCUT2D eigenvalue weighted by atomic mass is 10.2. The molecule has 0 amide bonds. The molecule has 0 unspecified atom stereocenters. The van der Waals surface area contributed by atoms with Crippen LogP contribution in [0.15, 0.2) is 18.2 Å². The van der Waals surface area contributed by atoms with Crippen LogP contribution in [0.5, 0.6) is 0 Å². The second-order valence-electron chi connectivity index (χ2n) is 1.83. The molecule has 0 bridgehead atoms. The minimum Gasteiger partial charge on any atom is -0.0840 e. The quantitative estimate of drug-likeness (QED) is 0.514. The number of hydrogen-bond donors (Lipinski definition) is 0. The highest BCUT2D eigenvalue weighted by Gasteiger charge is 2.00. The largest absolute Gasteiger partial charge is 0.0840 e. The molecule has 0 heterocycles. The zero-order valence-corrected chi connectivity index (χ0v) is 10.1. The van der Waals surface area contributed by atoms with Gasteiger partial charge in [-0.3, -0.25) is 0 Å². The molecule has 1 aromatic rings. The van der Waals surface area contributed by atoms with Crippen molar-refractivity contribution in [3.63, 3.8) is 0 Å². The molecule has 3 heteroatoms. The fraction of sp³-hybridized carbons (Fsp3) is 0.143. The van der Waals surface area contributed by atoms with Gasteiger partial charge >= 0.3 is 0 Å². The Labute approximate surface area is 92.6 Å². The molecule has 0 atom stereocenters. The molecule has 0 fully saturated rings. The molecule has 1 aromatic carbocycles. The third-order valence-electron chi connectivity index (χ3n) is 1.20. The van der Waals surface area contributed by atoms with E-state index in [1.807, 2.05) is 12.1 Å². The Kier molecular flexibility index (Phi) is 3.72. The molecule has 0 saturated heterocycles. The third kappa shape index (κ3) is 1.98. The lowest BCUT2D eigenvalue weighted by molar-refractivity contribution is 1.41. The van der Waals surface area contributed by atoms with Crippen molar-refractivity contribution >= 4 is 56.8 Å². The Morgan fingerprint density at radius 3 is 2.50 bits per heavy atom. The van der Waals surface area contributed by atoms with Crippen molar-refractivity contribution in [1.29, 1.82) is 0 Å². The Bertz CT molecular complexity index is 215. The fourth-order valence-corrected chi connectivity index (χ4v) is 3.53. The lowest BCUT2D eigenvalue weighted by Crippen LogP contribution is -1.83. The Morgan fingerprint density at radius 1 is 1.40 bits per heavy atom. The Balaban J connectivity index is 3.17. The first-order valence-corrected chi connectivity index (χ1v) is 5.73. The van der Waals surface area contributed by atoms with E-state index in [1.165, 1.54) is 9.13 Å². The maximum atomic E-state index is 5.92. The van der Waals surface area contributed by atoms with Crippen LogP contribution in [-0.4, -0.2) is 0 Å². The first-order valence-electron chi connectivity index (χ1n) is 2.74. The van der Waals surface area contributed by atoms with Gasteiger partial charge < -0.3 is 0 Å². The van der Waals surface area contributed by atoms with Gasteiger partial charge in [-0.05, 0) is 40.3 Å². The van der Waals surface area contributed by atoms with Crippen LogP contribution >= 0.6 is 56.8 Å². The van der Waals surface area contributed by atoms with E-state index >= 15 is 0 Å². The summed E-state index contributed by atoms with van der Waals surface area (Å²) in [4.78, 5) is 0. The summed E-state index contributed by atoms with van der Waals surface area (Å²) >= 11 is 10.5. The van der Waals surface area contributed by atoms with Gasteiger partial charge in [0.25, 0.3) is 0 Å². The molecule has 10 heavy (non-hydrogen) atoms. The van der Waals surface area contributed by atoms with Gasteiger partial charge in [0.05, 0.1) is 0 Å². The van der Waals surface area contributed by atoms with Crippen LogP contribution in [-0.2, 0) is 4.43 Å². The number of halogens is 3. The zero-order chi connectivity index (χ0) is 7.56. The number of hydrogen-bond acceptors (Lipinski definition) is 0. The summed E-state index contributed by atoms with van der Waals surface area (Å²) in [5.74, 6) is 0. The second kappa shape index (κ2) is 4.11. The van der Waals surface area contributed by atoms with Crippen molar-refractivity contribution in [2.75, 3.05) is 0 Å². The van der Waals surface area contributed by atoms with E-state index in [0.717, 1.165) is 9.45 Å². The van der Waals surface area contributed by atoms with E-state index in [-0.39, 0.29) is 0 Å². The molecule has 0 radical (unpaired) electrons. The summed E-state index contributed by atoms with van der Waals surface area (Å²) in [6.07, 6.45) is 0. The Hall–Kier alpha value is 0.970. The number of rotatable bonds is 1. The average molecular weight is 378 g/mol. The van der Waals surface area contributed by atoms with Gasteiger partial charge in [0, 0.05) is 13.0 Å². The highest BCUT2D eigenvalue weighted by molar-refractivity contribution is 14.1. The maximum Gasteiger partial charge on any atom is 0.0456 e. The van der Waals surface area contributed by atoms with Crippen molar-refractivity contribution < 1.29 is 0 Å². The molecular weight excluding hydrogens is 373 g/mol. The van der Waals surface area contributed by atoms with Crippen molar-refractivity contribution in [2.45, 2.75) is 4.43 Å². The van der Waals surface area contributed by atoms with Crippen molar-refractivity contribution in [3.8, 4) is 0 Å². The predicted molar refractivity (Wildman–Crippen MR) is 61.9 cm³/mol. The fourth-order valence-electron chi connectivity index (χ4n) is 0.660. The van der Waals surface area contributed by atoms with E-state index in [1.54, 1.807) is 0 Å². The molecule has 54 valence electrons. The molecule has 0 aliphatic carbocycles. The molecule has 0 aliphatic heterocycles. The van der Waals surface area contributed by atoms with Crippen LogP contribution in [0.3, 0.4) is 0 Å². The third-order valence-corrected chi connectivity index (χ3v) is 3.32. The summed E-state index contributed by atoms with van der Waals surface area (Å²) in [6.45, 7) is 0. The summed E-state index contributed by atoms with van der Waals surface area (Å²) < 4.78 is 2.23. The average Bonchev–Trinajstić information content (AvgIpc) is 1.88. The van der Waals surface area contributed by atoms with E-state index in [9.17, 15) is 0 Å². The van der Waals surface area contributed by atoms with Gasteiger partial charge in [-0.1, -0.05) is 40.3 Å². The minimum absolute atomic E-state index is 0.876. The van der Waals surface area contributed by atoms with Gasteiger partial charge in [-0.25, -0.2) is 0 Å². The van der Waals surface area contributed by atoms with E-state index in [4.69, 9.17) is 11.6 Å². The molecule has 0 nitrogen and oxygen atoms in total. The monoisotopic (exact) mass is 378 g/mol. The molecule has 0 aromatic heterocycles. The molecule has 0 spiro atoms. The number of benzene rings is 1. The standard InChI is InChI=1S/C7H5ClI2/c8-6-2-1-3-7(10)5(6)4-9/h1-3H,4H2. The Morgan fingerprint density at radius 2 is 2.10 bits per heavy atom. The smallest absolute Gasteiger partial charge is 0.0456 e. The highest BCUT2D eigenvalue weighted by atomic mass is 127. The summed E-state index contributed by atoms with van der Waals surface area (Å²) in [6, 6.07) is 5.97. The predicted octanol–water partition coefficient (Wildman–Crippen LogP) is 3.88. The first-order chi connectivity index (χ1) is 4.75. The minimum atomic E-state index is 0.876. The normalized spacial score (nSPS) is 9.90. The highest BCUT2D eigenvalue weighted by Crippen LogP contribution is 2.23. The first kappa shape index (κ1) is 9.06. The lowest BCUT2D eigenvalue weighted by Gasteiger charge is -2.00. The van der Waals surface area contributed by atoms with Crippen LogP contribution in [0.2, 0.25) is 5.02 Å².